The van der Waals surface area contributed by atoms with Gasteiger partial charge in [0.05, 0.1) is 11.0 Å². The third-order valence-corrected chi connectivity index (χ3v) is 12.3. The quantitative estimate of drug-likeness (QED) is 0.181. The van der Waals surface area contributed by atoms with Crippen LogP contribution in [-0.4, -0.2) is 19.5 Å². The molecule has 3 aromatic heterocycles. The van der Waals surface area contributed by atoms with Crippen LogP contribution in [0.3, 0.4) is 0 Å². The van der Waals surface area contributed by atoms with Crippen LogP contribution in [0.1, 0.15) is 0 Å². The Morgan fingerprint density at radius 1 is 0.375 bits per heavy atom. The molecule has 0 saturated heterocycles. The van der Waals surface area contributed by atoms with Gasteiger partial charge in [0.25, 0.3) is 0 Å². The second-order valence-corrected chi connectivity index (χ2v) is 15.5. The van der Waals surface area contributed by atoms with Gasteiger partial charge in [0, 0.05) is 58.7 Å². The van der Waals surface area contributed by atoms with Crippen LogP contribution >= 0.6 is 11.3 Å². The molecule has 0 amide bonds. The molecule has 5 heteroatoms. The van der Waals surface area contributed by atoms with E-state index in [9.17, 15) is 0 Å². The van der Waals surface area contributed by atoms with Gasteiger partial charge in [-0.05, 0) is 63.3 Å². The molecule has 260 valence electrons. The Hall–Kier alpha value is -7.21. The molecule has 9 aromatic carbocycles. The van der Waals surface area contributed by atoms with Gasteiger partial charge >= 0.3 is 0 Å². The fourth-order valence-corrected chi connectivity index (χ4v) is 9.74. The summed E-state index contributed by atoms with van der Waals surface area (Å²) in [7, 11) is 0. The summed E-state index contributed by atoms with van der Waals surface area (Å²) in [5.74, 6) is 1.97. The van der Waals surface area contributed by atoms with E-state index < -0.39 is 0 Å². The Labute approximate surface area is 325 Å². The molecule has 0 aliphatic heterocycles. The molecule has 3 heterocycles. The van der Waals surface area contributed by atoms with Crippen molar-refractivity contribution in [2.75, 3.05) is 0 Å². The summed E-state index contributed by atoms with van der Waals surface area (Å²) in [6, 6.07) is 65.1. The Bertz CT molecular complexity index is 3540. The molecule has 0 aliphatic carbocycles. The van der Waals surface area contributed by atoms with Crippen LogP contribution in [0.2, 0.25) is 0 Å². The van der Waals surface area contributed by atoms with Crippen molar-refractivity contribution in [2.24, 2.45) is 0 Å². The van der Waals surface area contributed by atoms with Gasteiger partial charge < -0.3 is 4.57 Å². The highest BCUT2D eigenvalue weighted by Crippen LogP contribution is 2.43. The van der Waals surface area contributed by atoms with Gasteiger partial charge in [-0.15, -0.1) is 11.3 Å². The summed E-state index contributed by atoms with van der Waals surface area (Å²) in [5.41, 5.74) is 6.46. The summed E-state index contributed by atoms with van der Waals surface area (Å²) in [5, 5.41) is 12.0. The van der Waals surface area contributed by atoms with Crippen molar-refractivity contribution < 1.29 is 0 Å². The molecule has 0 radical (unpaired) electrons. The van der Waals surface area contributed by atoms with Crippen LogP contribution in [0.5, 0.6) is 0 Å². The predicted octanol–water partition coefficient (Wildman–Crippen LogP) is 13.8. The maximum atomic E-state index is 5.28. The second kappa shape index (κ2) is 12.2. The van der Waals surface area contributed by atoms with E-state index in [0.717, 1.165) is 38.5 Å². The zero-order valence-corrected chi connectivity index (χ0v) is 30.8. The number of fused-ring (bicyclic) bond motifs is 10. The summed E-state index contributed by atoms with van der Waals surface area (Å²) in [6.45, 7) is 0. The maximum Gasteiger partial charge on any atom is 0.164 e. The Morgan fingerprint density at radius 3 is 1.86 bits per heavy atom. The molecule has 0 bridgehead atoms. The molecule has 12 rings (SSSR count). The number of hydrogen-bond acceptors (Lipinski definition) is 4. The topological polar surface area (TPSA) is 43.6 Å². The molecular formula is C51H30N4S. The molecule has 56 heavy (non-hydrogen) atoms. The molecule has 0 atom stereocenters. The second-order valence-electron chi connectivity index (χ2n) is 14.4. The van der Waals surface area contributed by atoms with Crippen LogP contribution < -0.4 is 0 Å². The first-order valence-electron chi connectivity index (χ1n) is 18.9. The average molecular weight is 731 g/mol. The minimum absolute atomic E-state index is 0.653. The van der Waals surface area contributed by atoms with Gasteiger partial charge in [0.1, 0.15) is 0 Å². The number of aromatic nitrogens is 4. The molecule has 12 aromatic rings. The van der Waals surface area contributed by atoms with Crippen LogP contribution in [0, 0.1) is 0 Å². The molecule has 4 nitrogen and oxygen atoms in total. The zero-order valence-electron chi connectivity index (χ0n) is 30.0. The predicted molar refractivity (Wildman–Crippen MR) is 236 cm³/mol. The zero-order chi connectivity index (χ0) is 36.7. The number of rotatable bonds is 4. The first-order chi connectivity index (χ1) is 27.7. The standard InChI is InChI=1S/C51H30N4S/c1-2-14-33(15-3-1)49-52-50(40-21-10-18-31-12-6-8-19-37(31)40)54-51(53-49)41-22-11-23-46-47(41)43-30-36(25-27-45(43)56-46)55-44-29-35-17-5-4-16-34(35)28-42(44)39-26-24-32-13-7-9-20-38(32)48(39)55/h1-30H. The largest absolute Gasteiger partial charge is 0.309 e. The van der Waals surface area contributed by atoms with Gasteiger partial charge in [-0.1, -0.05) is 146 Å². The first-order valence-corrected chi connectivity index (χ1v) is 19.7. The molecule has 0 spiro atoms. The summed E-state index contributed by atoms with van der Waals surface area (Å²) in [4.78, 5) is 15.6. The molecule has 0 aliphatic rings. The van der Waals surface area contributed by atoms with Gasteiger partial charge in [0.15, 0.2) is 17.5 Å². The molecule has 0 N–H and O–H groups in total. The normalized spacial score (nSPS) is 11.9. The number of thiophene rings is 1. The molecule has 0 unspecified atom stereocenters. The molecule has 0 fully saturated rings. The van der Waals surface area contributed by atoms with Crippen LogP contribution in [0.4, 0.5) is 0 Å². The van der Waals surface area contributed by atoms with Crippen molar-refractivity contribution in [2.45, 2.75) is 0 Å². The van der Waals surface area contributed by atoms with Crippen molar-refractivity contribution in [1.29, 1.82) is 0 Å². The average Bonchev–Trinajstić information content (AvgIpc) is 3.80. The van der Waals surface area contributed by atoms with E-state index in [-0.39, 0.29) is 0 Å². The molecular weight excluding hydrogens is 701 g/mol. The lowest BCUT2D eigenvalue weighted by Gasteiger charge is -2.12. The van der Waals surface area contributed by atoms with E-state index in [4.69, 9.17) is 15.0 Å². The van der Waals surface area contributed by atoms with E-state index in [1.54, 1.807) is 0 Å². The summed E-state index contributed by atoms with van der Waals surface area (Å²) in [6.07, 6.45) is 0. The lowest BCUT2D eigenvalue weighted by atomic mass is 10.0. The third kappa shape index (κ3) is 4.75. The number of benzene rings is 9. The van der Waals surface area contributed by atoms with Gasteiger partial charge in [-0.3, -0.25) is 0 Å². The van der Waals surface area contributed by atoms with Crippen molar-refractivity contribution in [3.63, 3.8) is 0 Å². The minimum atomic E-state index is 0.653. The van der Waals surface area contributed by atoms with E-state index in [1.807, 2.05) is 29.5 Å². The first kappa shape index (κ1) is 31.2. The van der Waals surface area contributed by atoms with Crippen LogP contribution in [-0.2, 0) is 0 Å². The Morgan fingerprint density at radius 2 is 1.02 bits per heavy atom. The maximum absolute atomic E-state index is 5.28. The summed E-state index contributed by atoms with van der Waals surface area (Å²) >= 11 is 1.81. The van der Waals surface area contributed by atoms with Crippen molar-refractivity contribution in [3.8, 4) is 39.9 Å². The highest BCUT2D eigenvalue weighted by Gasteiger charge is 2.20. The van der Waals surface area contributed by atoms with E-state index >= 15 is 0 Å². The summed E-state index contributed by atoms with van der Waals surface area (Å²) < 4.78 is 4.89. The Kier molecular flexibility index (Phi) is 6.76. The number of nitrogens with zero attached hydrogens (tertiary/aromatic N) is 4. The Balaban J connectivity index is 1.14. The minimum Gasteiger partial charge on any atom is -0.309 e. The highest BCUT2D eigenvalue weighted by molar-refractivity contribution is 7.26. The van der Waals surface area contributed by atoms with Crippen molar-refractivity contribution in [3.05, 3.63) is 182 Å². The van der Waals surface area contributed by atoms with Crippen molar-refractivity contribution >= 4 is 85.6 Å². The monoisotopic (exact) mass is 730 g/mol. The van der Waals surface area contributed by atoms with Crippen molar-refractivity contribution in [1.82, 2.24) is 19.5 Å². The smallest absolute Gasteiger partial charge is 0.164 e. The lowest BCUT2D eigenvalue weighted by molar-refractivity contribution is 1.08. The van der Waals surface area contributed by atoms with E-state index in [1.165, 1.54) is 58.1 Å². The van der Waals surface area contributed by atoms with Gasteiger partial charge in [0.2, 0.25) is 0 Å². The fraction of sp³-hybridized carbons (Fsp3) is 0. The third-order valence-electron chi connectivity index (χ3n) is 11.2. The number of hydrogen-bond donors (Lipinski definition) is 0. The molecule has 0 saturated carbocycles. The van der Waals surface area contributed by atoms with Crippen LogP contribution in [0.15, 0.2) is 182 Å². The van der Waals surface area contributed by atoms with Crippen LogP contribution in [0.25, 0.3) is 114 Å². The SMILES string of the molecule is c1ccc(-c2nc(-c3cccc4ccccc34)nc(-c3cccc4sc5ccc(-n6c7cc8ccccc8cc7c7ccc8ccccc8c76)cc5c34)n2)cc1. The fourth-order valence-electron chi connectivity index (χ4n) is 8.62. The lowest BCUT2D eigenvalue weighted by Crippen LogP contribution is -2.00. The van der Waals surface area contributed by atoms with Gasteiger partial charge in [-0.2, -0.15) is 0 Å². The highest BCUT2D eigenvalue weighted by atomic mass is 32.1. The van der Waals surface area contributed by atoms with Gasteiger partial charge in [-0.25, -0.2) is 15.0 Å². The van der Waals surface area contributed by atoms with E-state index in [2.05, 4.69) is 168 Å². The van der Waals surface area contributed by atoms with E-state index in [0.29, 0.717) is 17.5 Å².